The highest BCUT2D eigenvalue weighted by Gasteiger charge is 2.34. The lowest BCUT2D eigenvalue weighted by Crippen LogP contribution is -2.30. The molecule has 0 unspecified atom stereocenters. The summed E-state index contributed by atoms with van der Waals surface area (Å²) in [7, 11) is 2.90. The van der Waals surface area contributed by atoms with Gasteiger partial charge in [-0.3, -0.25) is 4.79 Å². The molecular formula is C18H18F3NO4. The van der Waals surface area contributed by atoms with E-state index in [1.54, 1.807) is 12.1 Å². The van der Waals surface area contributed by atoms with Crippen LogP contribution in [0.25, 0.3) is 0 Å². The minimum atomic E-state index is -4.64. The van der Waals surface area contributed by atoms with Crippen LogP contribution in [0.1, 0.15) is 27.6 Å². The van der Waals surface area contributed by atoms with Crippen molar-refractivity contribution in [1.82, 2.24) is 5.32 Å². The van der Waals surface area contributed by atoms with Crippen LogP contribution in [0.2, 0.25) is 0 Å². The largest absolute Gasteiger partial charge is 0.493 e. The van der Waals surface area contributed by atoms with Crippen LogP contribution in [0.4, 0.5) is 13.2 Å². The van der Waals surface area contributed by atoms with Crippen LogP contribution in [0.3, 0.4) is 0 Å². The Bertz CT molecular complexity index is 777. The van der Waals surface area contributed by atoms with Gasteiger partial charge < -0.3 is 19.9 Å². The molecule has 140 valence electrons. The summed E-state index contributed by atoms with van der Waals surface area (Å²) in [6.45, 7) is -0.263. The van der Waals surface area contributed by atoms with Crippen LogP contribution in [0.5, 0.6) is 11.5 Å². The first-order valence-corrected chi connectivity index (χ1v) is 7.62. The van der Waals surface area contributed by atoms with E-state index in [2.05, 4.69) is 5.32 Å². The van der Waals surface area contributed by atoms with Gasteiger partial charge in [0, 0.05) is 6.54 Å². The molecule has 2 aromatic rings. The van der Waals surface area contributed by atoms with Gasteiger partial charge in [0.05, 0.1) is 31.5 Å². The second-order valence-electron chi connectivity index (χ2n) is 5.38. The average Bonchev–Trinajstić information content (AvgIpc) is 2.64. The standard InChI is InChI=1S/C18H18F3NO4/c1-25-15-8-7-11(9-16(15)26-2)14(23)10-22-17(24)12-5-3-4-6-13(12)18(19,20)21/h3-9,14,23H,10H2,1-2H3,(H,22,24)/t14-/m1/s1. The third kappa shape index (κ3) is 4.45. The molecule has 8 heteroatoms. The van der Waals surface area contributed by atoms with Crippen molar-refractivity contribution in [3.8, 4) is 11.5 Å². The second kappa shape index (κ2) is 8.09. The Morgan fingerprint density at radius 1 is 1.12 bits per heavy atom. The number of hydrogen-bond acceptors (Lipinski definition) is 4. The first-order valence-electron chi connectivity index (χ1n) is 7.62. The number of benzene rings is 2. The van der Waals surface area contributed by atoms with E-state index in [0.717, 1.165) is 12.1 Å². The Labute approximate surface area is 148 Å². The molecule has 0 aliphatic rings. The number of aliphatic hydroxyl groups excluding tert-OH is 1. The van der Waals surface area contributed by atoms with E-state index in [-0.39, 0.29) is 6.54 Å². The molecule has 0 saturated carbocycles. The maximum atomic E-state index is 13.0. The monoisotopic (exact) mass is 369 g/mol. The van der Waals surface area contributed by atoms with Gasteiger partial charge in [0.15, 0.2) is 11.5 Å². The fraction of sp³-hybridized carbons (Fsp3) is 0.278. The molecule has 2 aromatic carbocycles. The molecule has 0 bridgehead atoms. The van der Waals surface area contributed by atoms with E-state index in [4.69, 9.17) is 9.47 Å². The van der Waals surface area contributed by atoms with Crippen LogP contribution in [0.15, 0.2) is 42.5 Å². The van der Waals surface area contributed by atoms with Crippen molar-refractivity contribution >= 4 is 5.91 Å². The number of aliphatic hydroxyl groups is 1. The van der Waals surface area contributed by atoms with E-state index in [9.17, 15) is 23.1 Å². The number of hydrogen-bond donors (Lipinski definition) is 2. The summed E-state index contributed by atoms with van der Waals surface area (Å²) in [4.78, 5) is 12.1. The summed E-state index contributed by atoms with van der Waals surface area (Å²) in [5.74, 6) is -0.0677. The molecular weight excluding hydrogens is 351 g/mol. The molecule has 1 atom stereocenters. The zero-order valence-corrected chi connectivity index (χ0v) is 14.1. The first kappa shape index (κ1) is 19.6. The quantitative estimate of drug-likeness (QED) is 0.821. The summed E-state index contributed by atoms with van der Waals surface area (Å²) in [5.41, 5.74) is -1.11. The van der Waals surface area contributed by atoms with Crippen LogP contribution >= 0.6 is 0 Å². The van der Waals surface area contributed by atoms with Gasteiger partial charge in [0.2, 0.25) is 0 Å². The summed E-state index contributed by atoms with van der Waals surface area (Å²) < 4.78 is 49.1. The van der Waals surface area contributed by atoms with Crippen molar-refractivity contribution in [2.45, 2.75) is 12.3 Å². The Kier molecular flexibility index (Phi) is 6.10. The zero-order valence-electron chi connectivity index (χ0n) is 14.1. The molecule has 0 radical (unpaired) electrons. The molecule has 1 amide bonds. The minimum Gasteiger partial charge on any atom is -0.493 e. The zero-order chi connectivity index (χ0) is 19.3. The molecule has 0 spiro atoms. The molecule has 0 saturated heterocycles. The highest BCUT2D eigenvalue weighted by molar-refractivity contribution is 5.95. The van der Waals surface area contributed by atoms with E-state index < -0.39 is 29.3 Å². The predicted molar refractivity (Wildman–Crippen MR) is 88.3 cm³/mol. The molecule has 0 fully saturated rings. The van der Waals surface area contributed by atoms with Crippen molar-refractivity contribution in [2.24, 2.45) is 0 Å². The number of halogens is 3. The summed E-state index contributed by atoms with van der Waals surface area (Å²) in [6, 6.07) is 9.15. The topological polar surface area (TPSA) is 67.8 Å². The highest BCUT2D eigenvalue weighted by Crippen LogP contribution is 2.32. The fourth-order valence-corrected chi connectivity index (χ4v) is 2.39. The predicted octanol–water partition coefficient (Wildman–Crippen LogP) is 3.19. The number of carbonyl (C=O) groups is 1. The Hall–Kier alpha value is -2.74. The minimum absolute atomic E-state index is 0.263. The SMILES string of the molecule is COc1ccc([C@H](O)CNC(=O)c2ccccc2C(F)(F)F)cc1OC. The molecule has 5 nitrogen and oxygen atoms in total. The van der Waals surface area contributed by atoms with Crippen molar-refractivity contribution < 1.29 is 32.5 Å². The van der Waals surface area contributed by atoms with E-state index in [0.29, 0.717) is 17.1 Å². The van der Waals surface area contributed by atoms with Gasteiger partial charge in [0.25, 0.3) is 5.91 Å². The number of amides is 1. The normalized spacial score (nSPS) is 12.4. The van der Waals surface area contributed by atoms with Crippen LogP contribution in [-0.2, 0) is 6.18 Å². The van der Waals surface area contributed by atoms with Gasteiger partial charge in [-0.05, 0) is 29.8 Å². The van der Waals surface area contributed by atoms with E-state index in [1.807, 2.05) is 0 Å². The van der Waals surface area contributed by atoms with Gasteiger partial charge >= 0.3 is 6.18 Å². The summed E-state index contributed by atoms with van der Waals surface area (Å²) in [5, 5.41) is 12.5. The number of methoxy groups -OCH3 is 2. The van der Waals surface area contributed by atoms with Gasteiger partial charge in [-0.25, -0.2) is 0 Å². The maximum absolute atomic E-state index is 13.0. The number of rotatable bonds is 6. The lowest BCUT2D eigenvalue weighted by molar-refractivity contribution is -0.137. The van der Waals surface area contributed by atoms with Crippen molar-refractivity contribution in [1.29, 1.82) is 0 Å². The Morgan fingerprint density at radius 2 is 1.77 bits per heavy atom. The molecule has 2 rings (SSSR count). The van der Waals surface area contributed by atoms with Gasteiger partial charge in [-0.15, -0.1) is 0 Å². The first-order chi connectivity index (χ1) is 12.3. The van der Waals surface area contributed by atoms with Crippen molar-refractivity contribution in [3.05, 3.63) is 59.2 Å². The third-order valence-electron chi connectivity index (χ3n) is 3.73. The van der Waals surface area contributed by atoms with Gasteiger partial charge in [-0.2, -0.15) is 13.2 Å². The third-order valence-corrected chi connectivity index (χ3v) is 3.73. The summed E-state index contributed by atoms with van der Waals surface area (Å²) >= 11 is 0. The highest BCUT2D eigenvalue weighted by atomic mass is 19.4. The Balaban J connectivity index is 2.11. The van der Waals surface area contributed by atoms with Crippen LogP contribution in [0, 0.1) is 0 Å². The van der Waals surface area contributed by atoms with E-state index in [1.165, 1.54) is 32.4 Å². The number of ether oxygens (including phenoxy) is 2. The smallest absolute Gasteiger partial charge is 0.417 e. The molecule has 0 aromatic heterocycles. The Morgan fingerprint density at radius 3 is 2.38 bits per heavy atom. The molecule has 26 heavy (non-hydrogen) atoms. The fourth-order valence-electron chi connectivity index (χ4n) is 2.39. The van der Waals surface area contributed by atoms with E-state index >= 15 is 0 Å². The molecule has 0 aliphatic heterocycles. The number of nitrogens with one attached hydrogen (secondary N) is 1. The average molecular weight is 369 g/mol. The number of carbonyl (C=O) groups excluding carboxylic acids is 1. The lowest BCUT2D eigenvalue weighted by atomic mass is 10.1. The maximum Gasteiger partial charge on any atom is 0.417 e. The van der Waals surface area contributed by atoms with Crippen LogP contribution in [-0.4, -0.2) is 31.8 Å². The van der Waals surface area contributed by atoms with Gasteiger partial charge in [-0.1, -0.05) is 18.2 Å². The van der Waals surface area contributed by atoms with Crippen molar-refractivity contribution in [3.63, 3.8) is 0 Å². The molecule has 2 N–H and O–H groups in total. The van der Waals surface area contributed by atoms with Crippen molar-refractivity contribution in [2.75, 3.05) is 20.8 Å². The van der Waals surface area contributed by atoms with Gasteiger partial charge in [0.1, 0.15) is 0 Å². The lowest BCUT2D eigenvalue weighted by Gasteiger charge is -2.16. The second-order valence-corrected chi connectivity index (χ2v) is 5.38. The summed E-state index contributed by atoms with van der Waals surface area (Å²) in [6.07, 6.45) is -5.77. The molecule has 0 heterocycles. The molecule has 0 aliphatic carbocycles. The van der Waals surface area contributed by atoms with Crippen LogP contribution < -0.4 is 14.8 Å². The number of alkyl halides is 3.